The summed E-state index contributed by atoms with van der Waals surface area (Å²) in [4.78, 5) is 4.21. The molecule has 5 heteroatoms. The summed E-state index contributed by atoms with van der Waals surface area (Å²) in [7, 11) is 0. The first-order valence-electron chi connectivity index (χ1n) is 5.15. The van der Waals surface area contributed by atoms with E-state index < -0.39 is 0 Å². The highest BCUT2D eigenvalue weighted by molar-refractivity contribution is 9.10. The minimum atomic E-state index is 0.833. The summed E-state index contributed by atoms with van der Waals surface area (Å²) in [5, 5.41) is 7.49. The fourth-order valence-corrected chi connectivity index (χ4v) is 1.69. The van der Waals surface area contributed by atoms with Crippen molar-refractivity contribution < 1.29 is 0 Å². The fraction of sp³-hybridized carbons (Fsp3) is 0.273. The third kappa shape index (κ3) is 2.68. The first kappa shape index (κ1) is 11.3. The highest BCUT2D eigenvalue weighted by Crippen LogP contribution is 2.12. The van der Waals surface area contributed by atoms with E-state index in [1.807, 2.05) is 12.4 Å². The van der Waals surface area contributed by atoms with Crippen LogP contribution in [0.2, 0.25) is 0 Å². The van der Waals surface area contributed by atoms with E-state index in [2.05, 4.69) is 44.3 Å². The van der Waals surface area contributed by atoms with Gasteiger partial charge < -0.3 is 5.32 Å². The Kier molecular flexibility index (Phi) is 3.69. The van der Waals surface area contributed by atoms with Gasteiger partial charge in [0.2, 0.25) is 0 Å². The molecule has 2 aromatic heterocycles. The lowest BCUT2D eigenvalue weighted by Gasteiger charge is -2.04. The number of hydrogen-bond acceptors (Lipinski definition) is 3. The molecule has 0 aliphatic rings. The molecule has 84 valence electrons. The van der Waals surface area contributed by atoms with Gasteiger partial charge in [0.05, 0.1) is 22.6 Å². The quantitative estimate of drug-likeness (QED) is 0.933. The normalized spacial score (nSPS) is 10.6. The number of aromatic nitrogens is 3. The van der Waals surface area contributed by atoms with Gasteiger partial charge in [-0.05, 0) is 34.1 Å². The van der Waals surface area contributed by atoms with Crippen molar-refractivity contribution in [1.29, 1.82) is 0 Å². The molecule has 1 N–H and O–H groups in total. The van der Waals surface area contributed by atoms with Crippen LogP contribution in [0.15, 0.2) is 35.3 Å². The Balaban J connectivity index is 2.22. The maximum absolute atomic E-state index is 4.22. The third-order valence-corrected chi connectivity index (χ3v) is 2.58. The van der Waals surface area contributed by atoms with Crippen LogP contribution in [0.4, 0.5) is 0 Å². The number of nitrogens with zero attached hydrogens (tertiary/aromatic N) is 3. The second kappa shape index (κ2) is 5.23. The van der Waals surface area contributed by atoms with E-state index >= 15 is 0 Å². The number of halogens is 1. The van der Waals surface area contributed by atoms with E-state index in [1.165, 1.54) is 0 Å². The second-order valence-electron chi connectivity index (χ2n) is 3.43. The molecule has 0 bridgehead atoms. The van der Waals surface area contributed by atoms with Gasteiger partial charge in [-0.25, -0.2) is 4.68 Å². The molecule has 0 saturated heterocycles. The summed E-state index contributed by atoms with van der Waals surface area (Å²) >= 11 is 3.37. The van der Waals surface area contributed by atoms with Crippen molar-refractivity contribution in [3.05, 3.63) is 40.9 Å². The summed E-state index contributed by atoms with van der Waals surface area (Å²) in [6, 6.07) is 2.08. The Labute approximate surface area is 103 Å². The van der Waals surface area contributed by atoms with Gasteiger partial charge in [0, 0.05) is 18.9 Å². The Morgan fingerprint density at radius 3 is 2.94 bits per heavy atom. The van der Waals surface area contributed by atoms with E-state index in [0.717, 1.165) is 28.8 Å². The average Bonchev–Trinajstić information content (AvgIpc) is 2.74. The van der Waals surface area contributed by atoms with Crippen LogP contribution in [0, 0.1) is 0 Å². The zero-order chi connectivity index (χ0) is 11.4. The Morgan fingerprint density at radius 1 is 1.38 bits per heavy atom. The van der Waals surface area contributed by atoms with Crippen LogP contribution in [-0.2, 0) is 6.54 Å². The van der Waals surface area contributed by atoms with Crippen molar-refractivity contribution in [2.24, 2.45) is 0 Å². The lowest BCUT2D eigenvalue weighted by atomic mass is 10.2. The Bertz CT molecular complexity index is 467. The molecule has 2 aromatic rings. The molecule has 0 unspecified atom stereocenters. The van der Waals surface area contributed by atoms with E-state index in [9.17, 15) is 0 Å². The van der Waals surface area contributed by atoms with Crippen molar-refractivity contribution >= 4 is 15.9 Å². The maximum Gasteiger partial charge on any atom is 0.0832 e. The monoisotopic (exact) mass is 280 g/mol. The molecular formula is C11H13BrN4. The minimum absolute atomic E-state index is 0.833. The molecule has 0 aromatic carbocycles. The van der Waals surface area contributed by atoms with Crippen LogP contribution < -0.4 is 5.32 Å². The first-order chi connectivity index (χ1) is 7.79. The smallest absolute Gasteiger partial charge is 0.0832 e. The number of nitrogens with one attached hydrogen (secondary N) is 1. The molecule has 2 rings (SSSR count). The molecule has 16 heavy (non-hydrogen) atoms. The molecule has 0 aliphatic carbocycles. The maximum atomic E-state index is 4.22. The van der Waals surface area contributed by atoms with Gasteiger partial charge in [-0.1, -0.05) is 6.92 Å². The van der Waals surface area contributed by atoms with Crippen LogP contribution in [0.1, 0.15) is 12.5 Å². The average molecular weight is 281 g/mol. The molecule has 0 aliphatic heterocycles. The van der Waals surface area contributed by atoms with Crippen LogP contribution >= 0.6 is 15.9 Å². The van der Waals surface area contributed by atoms with Gasteiger partial charge in [-0.3, -0.25) is 4.98 Å². The van der Waals surface area contributed by atoms with Crippen molar-refractivity contribution in [1.82, 2.24) is 20.1 Å². The van der Waals surface area contributed by atoms with Crippen molar-refractivity contribution in [3.8, 4) is 5.69 Å². The molecule has 0 saturated carbocycles. The van der Waals surface area contributed by atoms with Gasteiger partial charge in [-0.2, -0.15) is 5.10 Å². The zero-order valence-corrected chi connectivity index (χ0v) is 10.6. The summed E-state index contributed by atoms with van der Waals surface area (Å²) in [5.41, 5.74) is 2.13. The van der Waals surface area contributed by atoms with Gasteiger partial charge in [-0.15, -0.1) is 0 Å². The standard InChI is InChI=1S/C11H13BrN4/c1-2-13-4-9-3-11(7-14-5-9)16-8-10(12)6-15-16/h3,5-8,13H,2,4H2,1H3. The molecule has 2 heterocycles. The molecule has 0 atom stereocenters. The molecule has 0 amide bonds. The van der Waals surface area contributed by atoms with Gasteiger partial charge in [0.25, 0.3) is 0 Å². The molecular weight excluding hydrogens is 268 g/mol. The predicted molar refractivity (Wildman–Crippen MR) is 66.4 cm³/mol. The van der Waals surface area contributed by atoms with Gasteiger partial charge in [0.1, 0.15) is 0 Å². The van der Waals surface area contributed by atoms with Crippen molar-refractivity contribution in [2.75, 3.05) is 6.54 Å². The molecule has 0 spiro atoms. The number of rotatable bonds is 4. The third-order valence-electron chi connectivity index (χ3n) is 2.18. The van der Waals surface area contributed by atoms with E-state index in [-0.39, 0.29) is 0 Å². The summed E-state index contributed by atoms with van der Waals surface area (Å²) < 4.78 is 2.76. The largest absolute Gasteiger partial charge is 0.313 e. The predicted octanol–water partition coefficient (Wildman–Crippen LogP) is 2.14. The fourth-order valence-electron chi connectivity index (χ4n) is 1.41. The molecule has 4 nitrogen and oxygen atoms in total. The Hall–Kier alpha value is -1.20. The molecule has 0 radical (unpaired) electrons. The highest BCUT2D eigenvalue weighted by Gasteiger charge is 2.00. The van der Waals surface area contributed by atoms with Gasteiger partial charge >= 0.3 is 0 Å². The topological polar surface area (TPSA) is 42.7 Å². The zero-order valence-electron chi connectivity index (χ0n) is 9.02. The van der Waals surface area contributed by atoms with Gasteiger partial charge in [0.15, 0.2) is 0 Å². The second-order valence-corrected chi connectivity index (χ2v) is 4.35. The van der Waals surface area contributed by atoms with Crippen molar-refractivity contribution in [2.45, 2.75) is 13.5 Å². The van der Waals surface area contributed by atoms with Crippen LogP contribution in [0.25, 0.3) is 5.69 Å². The SMILES string of the molecule is CCNCc1cncc(-n2cc(Br)cn2)c1. The minimum Gasteiger partial charge on any atom is -0.313 e. The van der Waals surface area contributed by atoms with Crippen molar-refractivity contribution in [3.63, 3.8) is 0 Å². The van der Waals surface area contributed by atoms with E-state index in [1.54, 1.807) is 17.1 Å². The van der Waals surface area contributed by atoms with E-state index in [0.29, 0.717) is 0 Å². The van der Waals surface area contributed by atoms with Crippen LogP contribution in [0.5, 0.6) is 0 Å². The highest BCUT2D eigenvalue weighted by atomic mass is 79.9. The lowest BCUT2D eigenvalue weighted by molar-refractivity contribution is 0.722. The lowest BCUT2D eigenvalue weighted by Crippen LogP contribution is -2.12. The first-order valence-corrected chi connectivity index (χ1v) is 5.94. The van der Waals surface area contributed by atoms with Crippen LogP contribution in [-0.4, -0.2) is 21.3 Å². The number of hydrogen-bond donors (Lipinski definition) is 1. The summed E-state index contributed by atoms with van der Waals surface area (Å²) in [5.74, 6) is 0. The summed E-state index contributed by atoms with van der Waals surface area (Å²) in [6.45, 7) is 3.87. The Morgan fingerprint density at radius 2 is 2.25 bits per heavy atom. The number of pyridine rings is 1. The summed E-state index contributed by atoms with van der Waals surface area (Å²) in [6.07, 6.45) is 7.34. The van der Waals surface area contributed by atoms with E-state index in [4.69, 9.17) is 0 Å². The molecule has 0 fully saturated rings. The van der Waals surface area contributed by atoms with Crippen LogP contribution in [0.3, 0.4) is 0 Å².